The Morgan fingerprint density at radius 3 is 2.82 bits per heavy atom. The summed E-state index contributed by atoms with van der Waals surface area (Å²) in [6, 6.07) is 6.34. The molecular weight excluding hydrogens is 234 g/mol. The van der Waals surface area contributed by atoms with Gasteiger partial charge in [-0.15, -0.1) is 0 Å². The van der Waals surface area contributed by atoms with Crippen molar-refractivity contribution in [2.75, 3.05) is 6.54 Å². The molecule has 0 amide bonds. The Morgan fingerprint density at radius 2 is 2.12 bits per heavy atom. The summed E-state index contributed by atoms with van der Waals surface area (Å²) < 4.78 is 0. The van der Waals surface area contributed by atoms with Crippen LogP contribution in [-0.2, 0) is 5.41 Å². The van der Waals surface area contributed by atoms with E-state index in [2.05, 4.69) is 22.3 Å². The molecule has 1 aliphatic carbocycles. The zero-order valence-corrected chi connectivity index (χ0v) is 10.4. The summed E-state index contributed by atoms with van der Waals surface area (Å²) >= 11 is 6.01. The lowest BCUT2D eigenvalue weighted by molar-refractivity contribution is 0.453. The largest absolute Gasteiger partial charge is 0.330 e. The number of hydrogen-bond donors (Lipinski definition) is 2. The number of nitrogens with one attached hydrogen (secondary N) is 1. The van der Waals surface area contributed by atoms with Crippen LogP contribution in [0.3, 0.4) is 0 Å². The molecule has 0 bridgehead atoms. The van der Waals surface area contributed by atoms with Gasteiger partial charge >= 0.3 is 0 Å². The highest BCUT2D eigenvalue weighted by Gasteiger charge is 2.34. The zero-order chi connectivity index (χ0) is 11.9. The van der Waals surface area contributed by atoms with E-state index in [4.69, 9.17) is 17.3 Å². The summed E-state index contributed by atoms with van der Waals surface area (Å²) in [5.41, 5.74) is 8.41. The molecule has 1 aliphatic rings. The smallest absolute Gasteiger partial charge is 0.132 e. The predicted octanol–water partition coefficient (Wildman–Crippen LogP) is 2.99. The minimum absolute atomic E-state index is 0.166. The van der Waals surface area contributed by atoms with Crippen LogP contribution < -0.4 is 5.73 Å². The Labute approximate surface area is 105 Å². The molecule has 1 aromatic carbocycles. The maximum Gasteiger partial charge on any atom is 0.132 e. The summed E-state index contributed by atoms with van der Waals surface area (Å²) in [7, 11) is 0. The maximum absolute atomic E-state index is 6.01. The first-order chi connectivity index (χ1) is 8.25. The number of nitrogens with two attached hydrogens (primary N) is 1. The number of halogens is 1. The van der Waals surface area contributed by atoms with Crippen molar-refractivity contribution in [2.45, 2.75) is 31.1 Å². The number of nitrogens with zero attached hydrogens (tertiary/aromatic N) is 1. The van der Waals surface area contributed by atoms with Gasteiger partial charge in [0.15, 0.2) is 0 Å². The van der Waals surface area contributed by atoms with Gasteiger partial charge in [-0.1, -0.05) is 30.5 Å². The van der Waals surface area contributed by atoms with Crippen molar-refractivity contribution in [3.63, 3.8) is 0 Å². The van der Waals surface area contributed by atoms with Gasteiger partial charge in [0.2, 0.25) is 0 Å². The Hall–Kier alpha value is -1.06. The average Bonchev–Trinajstić information content (AvgIpc) is 2.97. The second-order valence-corrected chi connectivity index (χ2v) is 5.34. The lowest BCUT2D eigenvalue weighted by atomic mass is 9.79. The van der Waals surface area contributed by atoms with Crippen LogP contribution in [0.5, 0.6) is 0 Å². The fourth-order valence-electron chi connectivity index (χ4n) is 2.97. The van der Waals surface area contributed by atoms with Gasteiger partial charge in [-0.25, -0.2) is 0 Å². The SMILES string of the molecule is NCC1(c2ccc3c(Cl)[nH]nc3c2)CCCC1. The Kier molecular flexibility index (Phi) is 2.60. The average molecular weight is 250 g/mol. The molecule has 1 fully saturated rings. The minimum atomic E-state index is 0.166. The van der Waals surface area contributed by atoms with Crippen molar-refractivity contribution in [3.8, 4) is 0 Å². The number of fused-ring (bicyclic) bond motifs is 1. The van der Waals surface area contributed by atoms with Crippen molar-refractivity contribution in [2.24, 2.45) is 5.73 Å². The predicted molar refractivity (Wildman–Crippen MR) is 70.3 cm³/mol. The molecule has 90 valence electrons. The van der Waals surface area contributed by atoms with Crippen LogP contribution in [0.4, 0.5) is 0 Å². The first-order valence-electron chi connectivity index (χ1n) is 6.09. The van der Waals surface area contributed by atoms with Crippen LogP contribution in [0, 0.1) is 0 Å². The van der Waals surface area contributed by atoms with Gasteiger partial charge in [0.25, 0.3) is 0 Å². The standard InChI is InChI=1S/C13H16ClN3/c14-12-10-4-3-9(7-11(10)16-17-12)13(8-15)5-1-2-6-13/h3-4,7H,1-2,5-6,8,15H2,(H,16,17). The van der Waals surface area contributed by atoms with Gasteiger partial charge in [-0.3, -0.25) is 5.10 Å². The third-order valence-electron chi connectivity index (χ3n) is 4.07. The van der Waals surface area contributed by atoms with E-state index in [9.17, 15) is 0 Å². The molecule has 4 heteroatoms. The van der Waals surface area contributed by atoms with Gasteiger partial charge in [0.05, 0.1) is 5.52 Å². The summed E-state index contributed by atoms with van der Waals surface area (Å²) in [5, 5.41) is 8.62. The van der Waals surface area contributed by atoms with E-state index < -0.39 is 0 Å². The van der Waals surface area contributed by atoms with Crippen molar-refractivity contribution in [3.05, 3.63) is 28.9 Å². The second kappa shape index (κ2) is 4.00. The van der Waals surface area contributed by atoms with Crippen molar-refractivity contribution < 1.29 is 0 Å². The van der Waals surface area contributed by atoms with Crippen LogP contribution >= 0.6 is 11.6 Å². The van der Waals surface area contributed by atoms with E-state index in [-0.39, 0.29) is 5.41 Å². The highest BCUT2D eigenvalue weighted by molar-refractivity contribution is 6.34. The van der Waals surface area contributed by atoms with E-state index in [1.165, 1.54) is 31.2 Å². The molecule has 3 N–H and O–H groups in total. The van der Waals surface area contributed by atoms with Crippen LogP contribution in [-0.4, -0.2) is 16.7 Å². The zero-order valence-electron chi connectivity index (χ0n) is 9.67. The Bertz CT molecular complexity index is 541. The molecule has 2 aromatic rings. The quantitative estimate of drug-likeness (QED) is 0.860. The molecule has 1 aromatic heterocycles. The lowest BCUT2D eigenvalue weighted by Crippen LogP contribution is -2.31. The maximum atomic E-state index is 6.01. The summed E-state index contributed by atoms with van der Waals surface area (Å²) in [6.45, 7) is 0.719. The van der Waals surface area contributed by atoms with Crippen LogP contribution in [0.15, 0.2) is 18.2 Å². The van der Waals surface area contributed by atoms with Crippen molar-refractivity contribution in [1.82, 2.24) is 10.2 Å². The molecule has 0 radical (unpaired) electrons. The van der Waals surface area contributed by atoms with Crippen molar-refractivity contribution >= 4 is 22.5 Å². The minimum Gasteiger partial charge on any atom is -0.330 e. The number of H-pyrrole nitrogens is 1. The summed E-state index contributed by atoms with van der Waals surface area (Å²) in [5.74, 6) is 0. The number of hydrogen-bond acceptors (Lipinski definition) is 2. The highest BCUT2D eigenvalue weighted by Crippen LogP contribution is 2.41. The van der Waals surface area contributed by atoms with E-state index in [0.717, 1.165) is 17.4 Å². The van der Waals surface area contributed by atoms with E-state index in [1.807, 2.05) is 6.07 Å². The fourth-order valence-corrected chi connectivity index (χ4v) is 3.17. The third kappa shape index (κ3) is 1.65. The normalized spacial score (nSPS) is 18.9. The highest BCUT2D eigenvalue weighted by atomic mass is 35.5. The van der Waals surface area contributed by atoms with Gasteiger partial charge in [-0.05, 0) is 30.5 Å². The van der Waals surface area contributed by atoms with E-state index in [1.54, 1.807) is 0 Å². The van der Waals surface area contributed by atoms with Gasteiger partial charge in [0, 0.05) is 17.3 Å². The molecule has 1 saturated carbocycles. The summed E-state index contributed by atoms with van der Waals surface area (Å²) in [6.07, 6.45) is 4.92. The van der Waals surface area contributed by atoms with Crippen LogP contribution in [0.1, 0.15) is 31.2 Å². The monoisotopic (exact) mass is 249 g/mol. The molecule has 0 spiro atoms. The molecule has 3 nitrogen and oxygen atoms in total. The molecule has 3 rings (SSSR count). The van der Waals surface area contributed by atoms with Crippen LogP contribution in [0.2, 0.25) is 5.15 Å². The molecule has 17 heavy (non-hydrogen) atoms. The van der Waals surface area contributed by atoms with E-state index >= 15 is 0 Å². The number of rotatable bonds is 2. The fraction of sp³-hybridized carbons (Fsp3) is 0.462. The number of aromatic nitrogens is 2. The first-order valence-corrected chi connectivity index (χ1v) is 6.47. The molecule has 0 atom stereocenters. The lowest BCUT2D eigenvalue weighted by Gasteiger charge is -2.27. The summed E-state index contributed by atoms with van der Waals surface area (Å²) in [4.78, 5) is 0. The van der Waals surface area contributed by atoms with Gasteiger partial charge in [-0.2, -0.15) is 5.10 Å². The number of aromatic amines is 1. The third-order valence-corrected chi connectivity index (χ3v) is 4.36. The Balaban J connectivity index is 2.10. The Morgan fingerprint density at radius 1 is 1.35 bits per heavy atom. The van der Waals surface area contributed by atoms with Crippen LogP contribution in [0.25, 0.3) is 10.9 Å². The molecule has 0 saturated heterocycles. The molecule has 0 aliphatic heterocycles. The molecule has 0 unspecified atom stereocenters. The van der Waals surface area contributed by atoms with Gasteiger partial charge < -0.3 is 5.73 Å². The first kappa shape index (κ1) is 11.1. The van der Waals surface area contributed by atoms with Crippen molar-refractivity contribution in [1.29, 1.82) is 0 Å². The van der Waals surface area contributed by atoms with E-state index in [0.29, 0.717) is 5.15 Å². The molecular formula is C13H16ClN3. The molecule has 1 heterocycles. The number of benzene rings is 1. The second-order valence-electron chi connectivity index (χ2n) is 4.96. The topological polar surface area (TPSA) is 54.7 Å². The van der Waals surface area contributed by atoms with Gasteiger partial charge in [0.1, 0.15) is 5.15 Å².